The average molecular weight is 191 g/mol. The van der Waals surface area contributed by atoms with Crippen LogP contribution in [0, 0.1) is 6.08 Å². The lowest BCUT2D eigenvalue weighted by atomic mass is 10.1. The molecule has 79 valence electrons. The second-order valence-electron chi connectivity index (χ2n) is 4.12. The van der Waals surface area contributed by atoms with Crippen LogP contribution in [0.2, 0.25) is 0 Å². The fourth-order valence-electron chi connectivity index (χ4n) is 1.79. The Morgan fingerprint density at radius 3 is 2.07 bits per heavy atom. The fourth-order valence-corrected chi connectivity index (χ4v) is 1.79. The molecule has 1 rings (SSSR count). The lowest BCUT2D eigenvalue weighted by Gasteiger charge is -1.98. The number of rotatable bonds is 0. The van der Waals surface area contributed by atoms with Crippen molar-refractivity contribution in [1.29, 1.82) is 0 Å². The van der Waals surface area contributed by atoms with Crippen LogP contribution in [-0.4, -0.2) is 0 Å². The Kier molecular flexibility index (Phi) is 7.47. The van der Waals surface area contributed by atoms with Gasteiger partial charge >= 0.3 is 0 Å². The lowest BCUT2D eigenvalue weighted by Crippen LogP contribution is -1.79. The highest BCUT2D eigenvalue weighted by Gasteiger charge is 1.89. The van der Waals surface area contributed by atoms with Gasteiger partial charge in [0.15, 0.2) is 0 Å². The SMILES string of the molecule is [C]1=CCCCCCCC=CCCCC1. The molecule has 0 bridgehead atoms. The predicted molar refractivity (Wildman–Crippen MR) is 63.1 cm³/mol. The summed E-state index contributed by atoms with van der Waals surface area (Å²) in [6.07, 6.45) is 23.5. The van der Waals surface area contributed by atoms with Crippen LogP contribution in [0.1, 0.15) is 64.2 Å². The van der Waals surface area contributed by atoms with E-state index in [-0.39, 0.29) is 0 Å². The van der Waals surface area contributed by atoms with Gasteiger partial charge in [0.2, 0.25) is 0 Å². The Labute approximate surface area is 89.1 Å². The molecule has 0 saturated carbocycles. The zero-order chi connectivity index (χ0) is 9.90. The molecule has 0 aromatic rings. The standard InChI is InChI=1S/C14H23/c1-2-4-6-8-10-12-14-13-11-9-7-5-3-1/h1-2,14H,3-11,13H2. The highest BCUT2D eigenvalue weighted by atomic mass is 14.0. The van der Waals surface area contributed by atoms with Crippen molar-refractivity contribution in [2.45, 2.75) is 64.2 Å². The molecule has 0 saturated heterocycles. The summed E-state index contributed by atoms with van der Waals surface area (Å²) in [6.45, 7) is 0. The summed E-state index contributed by atoms with van der Waals surface area (Å²) in [4.78, 5) is 0. The highest BCUT2D eigenvalue weighted by Crippen LogP contribution is 2.09. The van der Waals surface area contributed by atoms with Gasteiger partial charge in [0.05, 0.1) is 0 Å². The van der Waals surface area contributed by atoms with Crippen molar-refractivity contribution in [3.05, 3.63) is 24.3 Å². The molecular formula is C14H23. The summed E-state index contributed by atoms with van der Waals surface area (Å²) < 4.78 is 0. The Balaban J connectivity index is 2.16. The van der Waals surface area contributed by atoms with E-state index in [2.05, 4.69) is 24.3 Å². The first kappa shape index (κ1) is 11.6. The van der Waals surface area contributed by atoms with Crippen molar-refractivity contribution < 1.29 is 0 Å². The molecule has 0 heterocycles. The molecule has 0 N–H and O–H groups in total. The van der Waals surface area contributed by atoms with Gasteiger partial charge in [0.1, 0.15) is 0 Å². The minimum Gasteiger partial charge on any atom is -0.0885 e. The van der Waals surface area contributed by atoms with Crippen LogP contribution in [0.25, 0.3) is 0 Å². The van der Waals surface area contributed by atoms with Gasteiger partial charge in [0.25, 0.3) is 0 Å². The highest BCUT2D eigenvalue weighted by molar-refractivity contribution is 4.82. The summed E-state index contributed by atoms with van der Waals surface area (Å²) in [7, 11) is 0. The number of allylic oxidation sites excluding steroid dienone is 4. The summed E-state index contributed by atoms with van der Waals surface area (Å²) in [6, 6.07) is 0. The van der Waals surface area contributed by atoms with Crippen molar-refractivity contribution >= 4 is 0 Å². The maximum Gasteiger partial charge on any atom is -0.0279 e. The van der Waals surface area contributed by atoms with E-state index in [0.29, 0.717) is 0 Å². The molecule has 1 aliphatic carbocycles. The van der Waals surface area contributed by atoms with E-state index in [1.54, 1.807) is 0 Å². The summed E-state index contributed by atoms with van der Waals surface area (Å²) in [5, 5.41) is 0. The molecule has 1 aliphatic rings. The van der Waals surface area contributed by atoms with Crippen LogP contribution in [0.3, 0.4) is 0 Å². The van der Waals surface area contributed by atoms with Crippen molar-refractivity contribution in [1.82, 2.24) is 0 Å². The van der Waals surface area contributed by atoms with Crippen LogP contribution in [0.4, 0.5) is 0 Å². The maximum absolute atomic E-state index is 3.39. The summed E-state index contributed by atoms with van der Waals surface area (Å²) in [5.74, 6) is 0. The molecule has 0 amide bonds. The first-order chi connectivity index (χ1) is 7.00. The van der Waals surface area contributed by atoms with E-state index in [1.165, 1.54) is 57.8 Å². The van der Waals surface area contributed by atoms with Gasteiger partial charge in [-0.15, -0.1) is 0 Å². The van der Waals surface area contributed by atoms with Gasteiger partial charge in [0, 0.05) is 0 Å². The second kappa shape index (κ2) is 9.05. The van der Waals surface area contributed by atoms with E-state index in [0.717, 1.165) is 6.42 Å². The van der Waals surface area contributed by atoms with E-state index < -0.39 is 0 Å². The van der Waals surface area contributed by atoms with Crippen LogP contribution in [-0.2, 0) is 0 Å². The topological polar surface area (TPSA) is 0 Å². The first-order valence-electron chi connectivity index (χ1n) is 6.20. The lowest BCUT2D eigenvalue weighted by molar-refractivity contribution is 0.647. The minimum atomic E-state index is 1.16. The third-order valence-corrected chi connectivity index (χ3v) is 2.72. The summed E-state index contributed by atoms with van der Waals surface area (Å²) in [5.41, 5.74) is 0. The quantitative estimate of drug-likeness (QED) is 0.482. The molecule has 0 heteroatoms. The Morgan fingerprint density at radius 1 is 0.643 bits per heavy atom. The smallest absolute Gasteiger partial charge is 0.0279 e. The number of hydrogen-bond donors (Lipinski definition) is 0. The molecule has 0 aliphatic heterocycles. The molecule has 0 aromatic heterocycles. The minimum absolute atomic E-state index is 1.16. The van der Waals surface area contributed by atoms with Gasteiger partial charge in [-0.1, -0.05) is 31.1 Å². The summed E-state index contributed by atoms with van der Waals surface area (Å²) >= 11 is 0. The average Bonchev–Trinajstić information content (AvgIpc) is 2.22. The van der Waals surface area contributed by atoms with Gasteiger partial charge in [-0.25, -0.2) is 0 Å². The van der Waals surface area contributed by atoms with Crippen LogP contribution in [0.15, 0.2) is 18.2 Å². The predicted octanol–water partition coefficient (Wildman–Crippen LogP) is 4.82. The molecule has 0 fully saturated rings. The van der Waals surface area contributed by atoms with Crippen molar-refractivity contribution in [3.8, 4) is 0 Å². The fraction of sp³-hybridized carbons (Fsp3) is 0.714. The molecule has 0 atom stereocenters. The van der Waals surface area contributed by atoms with E-state index >= 15 is 0 Å². The molecule has 0 nitrogen and oxygen atoms in total. The largest absolute Gasteiger partial charge is 0.0885 e. The van der Waals surface area contributed by atoms with Gasteiger partial charge < -0.3 is 0 Å². The van der Waals surface area contributed by atoms with Crippen molar-refractivity contribution in [2.75, 3.05) is 0 Å². The van der Waals surface area contributed by atoms with Gasteiger partial charge in [-0.3, -0.25) is 0 Å². The normalized spacial score (nSPS) is 21.7. The Bertz CT molecular complexity index is 145. The molecule has 14 heavy (non-hydrogen) atoms. The van der Waals surface area contributed by atoms with Crippen LogP contribution in [0.5, 0.6) is 0 Å². The van der Waals surface area contributed by atoms with E-state index in [4.69, 9.17) is 0 Å². The third kappa shape index (κ3) is 6.94. The Morgan fingerprint density at radius 2 is 1.29 bits per heavy atom. The molecular weight excluding hydrogens is 168 g/mol. The van der Waals surface area contributed by atoms with Crippen LogP contribution < -0.4 is 0 Å². The van der Waals surface area contributed by atoms with Gasteiger partial charge in [-0.05, 0) is 57.4 Å². The zero-order valence-electron chi connectivity index (χ0n) is 9.30. The number of hydrogen-bond acceptors (Lipinski definition) is 0. The second-order valence-corrected chi connectivity index (χ2v) is 4.12. The monoisotopic (exact) mass is 191 g/mol. The van der Waals surface area contributed by atoms with E-state index in [9.17, 15) is 0 Å². The first-order valence-corrected chi connectivity index (χ1v) is 6.20. The molecule has 1 radical (unpaired) electrons. The zero-order valence-corrected chi connectivity index (χ0v) is 9.30. The molecule has 0 aromatic carbocycles. The molecule has 0 unspecified atom stereocenters. The molecule has 0 spiro atoms. The third-order valence-electron chi connectivity index (χ3n) is 2.72. The Hall–Kier alpha value is -0.520. The van der Waals surface area contributed by atoms with Crippen LogP contribution >= 0.6 is 0 Å². The maximum atomic E-state index is 3.39. The van der Waals surface area contributed by atoms with Crippen molar-refractivity contribution in [2.24, 2.45) is 0 Å². The van der Waals surface area contributed by atoms with Gasteiger partial charge in [-0.2, -0.15) is 0 Å². The van der Waals surface area contributed by atoms with Crippen molar-refractivity contribution in [3.63, 3.8) is 0 Å². The van der Waals surface area contributed by atoms with E-state index in [1.807, 2.05) is 0 Å².